The van der Waals surface area contributed by atoms with Crippen molar-refractivity contribution in [1.82, 2.24) is 14.3 Å². The largest absolute Gasteiger partial charge is 0.378 e. The molecule has 0 radical (unpaired) electrons. The standard InChI is InChI=1S/C23H23ClN4O3/c1-13-10-17(11-26(2)22(13)29)27-20(14-4-6-15(24)7-5-14)19-18(12-31-3)25-28(16-8-9-16)21(19)23(27)30/h4-7,10-11,16,20H,8-9,12H2,1-3H3/t20-/m0/s1. The Morgan fingerprint density at radius 2 is 1.90 bits per heavy atom. The highest BCUT2D eigenvalue weighted by molar-refractivity contribution is 6.30. The van der Waals surface area contributed by atoms with E-state index in [1.54, 1.807) is 38.2 Å². The maximum absolute atomic E-state index is 13.8. The van der Waals surface area contributed by atoms with Gasteiger partial charge in [-0.3, -0.25) is 19.2 Å². The molecule has 1 fully saturated rings. The molecule has 0 saturated heterocycles. The molecule has 2 aromatic heterocycles. The van der Waals surface area contributed by atoms with Crippen LogP contribution in [0.5, 0.6) is 0 Å². The van der Waals surface area contributed by atoms with Gasteiger partial charge in [-0.1, -0.05) is 23.7 Å². The number of rotatable bonds is 5. The fourth-order valence-corrected chi connectivity index (χ4v) is 4.52. The van der Waals surface area contributed by atoms with E-state index in [0.29, 0.717) is 28.6 Å². The Morgan fingerprint density at radius 1 is 1.19 bits per heavy atom. The van der Waals surface area contributed by atoms with Crippen LogP contribution in [0.1, 0.15) is 57.8 Å². The van der Waals surface area contributed by atoms with Gasteiger partial charge in [0.1, 0.15) is 5.69 Å². The molecule has 1 amide bonds. The number of hydrogen-bond acceptors (Lipinski definition) is 4. The van der Waals surface area contributed by atoms with Crippen LogP contribution in [0.25, 0.3) is 0 Å². The van der Waals surface area contributed by atoms with E-state index in [4.69, 9.17) is 21.4 Å². The topological polar surface area (TPSA) is 69.4 Å². The van der Waals surface area contributed by atoms with Crippen molar-refractivity contribution >= 4 is 23.2 Å². The second kappa shape index (κ2) is 7.35. The first kappa shape index (κ1) is 20.0. The Balaban J connectivity index is 1.75. The normalized spacial score (nSPS) is 18.0. The third-order valence-electron chi connectivity index (χ3n) is 5.96. The van der Waals surface area contributed by atoms with Gasteiger partial charge in [0.2, 0.25) is 0 Å². The van der Waals surface area contributed by atoms with Crippen LogP contribution < -0.4 is 10.5 Å². The molecular weight excluding hydrogens is 416 g/mol. The fraction of sp³-hybridized carbons (Fsp3) is 0.348. The Kier molecular flexibility index (Phi) is 4.75. The lowest BCUT2D eigenvalue weighted by molar-refractivity contribution is 0.0983. The van der Waals surface area contributed by atoms with Gasteiger partial charge in [-0.15, -0.1) is 0 Å². The van der Waals surface area contributed by atoms with E-state index in [9.17, 15) is 9.59 Å². The van der Waals surface area contributed by atoms with Crippen molar-refractivity contribution in [2.75, 3.05) is 12.0 Å². The van der Waals surface area contributed by atoms with Crippen LogP contribution in [0.3, 0.4) is 0 Å². The van der Waals surface area contributed by atoms with Crippen molar-refractivity contribution in [2.45, 2.75) is 38.5 Å². The van der Waals surface area contributed by atoms with Gasteiger partial charge in [0.25, 0.3) is 11.5 Å². The number of halogens is 1. The van der Waals surface area contributed by atoms with E-state index in [1.807, 2.05) is 28.9 Å². The molecule has 2 aliphatic rings. The van der Waals surface area contributed by atoms with Gasteiger partial charge in [-0.2, -0.15) is 5.10 Å². The SMILES string of the molecule is COCc1nn(C2CC2)c2c1[C@H](c1ccc(Cl)cc1)N(c1cc(C)c(=O)n(C)c1)C2=O. The number of aromatic nitrogens is 3. The molecule has 3 heterocycles. The average Bonchev–Trinajstić information content (AvgIpc) is 3.46. The Hall–Kier alpha value is -2.90. The minimum Gasteiger partial charge on any atom is -0.378 e. The van der Waals surface area contributed by atoms with E-state index < -0.39 is 0 Å². The van der Waals surface area contributed by atoms with Crippen molar-refractivity contribution in [3.8, 4) is 0 Å². The summed E-state index contributed by atoms with van der Waals surface area (Å²) in [6.07, 6.45) is 3.74. The summed E-state index contributed by atoms with van der Waals surface area (Å²) in [6, 6.07) is 9.16. The Bertz CT molecular complexity index is 1210. The third kappa shape index (κ3) is 3.20. The number of amides is 1. The summed E-state index contributed by atoms with van der Waals surface area (Å²) in [5.74, 6) is -0.116. The summed E-state index contributed by atoms with van der Waals surface area (Å²) in [4.78, 5) is 27.9. The smallest absolute Gasteiger partial charge is 0.277 e. The summed E-state index contributed by atoms with van der Waals surface area (Å²) < 4.78 is 8.82. The molecule has 3 aromatic rings. The molecule has 160 valence electrons. The number of ether oxygens (including phenoxy) is 1. The van der Waals surface area contributed by atoms with E-state index in [0.717, 1.165) is 29.7 Å². The molecule has 8 heteroatoms. The van der Waals surface area contributed by atoms with Gasteiger partial charge in [-0.25, -0.2) is 0 Å². The maximum Gasteiger partial charge on any atom is 0.277 e. The molecule has 1 aliphatic carbocycles. The molecular formula is C23H23ClN4O3. The summed E-state index contributed by atoms with van der Waals surface area (Å²) in [6.45, 7) is 2.08. The number of anilines is 1. The molecule has 31 heavy (non-hydrogen) atoms. The highest BCUT2D eigenvalue weighted by atomic mass is 35.5. The van der Waals surface area contributed by atoms with E-state index in [-0.39, 0.29) is 23.6 Å². The summed E-state index contributed by atoms with van der Waals surface area (Å²) in [5.41, 5.74) is 4.34. The number of methoxy groups -OCH3 is 1. The molecule has 1 aromatic carbocycles. The Labute approximate surface area is 184 Å². The lowest BCUT2D eigenvalue weighted by Gasteiger charge is -2.27. The van der Waals surface area contributed by atoms with Gasteiger partial charge < -0.3 is 9.30 Å². The molecule has 0 unspecified atom stereocenters. The van der Waals surface area contributed by atoms with Crippen LogP contribution in [0.4, 0.5) is 5.69 Å². The fourth-order valence-electron chi connectivity index (χ4n) is 4.40. The highest BCUT2D eigenvalue weighted by Gasteiger charge is 2.46. The zero-order valence-electron chi connectivity index (χ0n) is 17.6. The van der Waals surface area contributed by atoms with Gasteiger partial charge in [0, 0.05) is 36.5 Å². The third-order valence-corrected chi connectivity index (χ3v) is 6.21. The van der Waals surface area contributed by atoms with Crippen LogP contribution >= 0.6 is 11.6 Å². The number of hydrogen-bond donors (Lipinski definition) is 0. The molecule has 0 N–H and O–H groups in total. The number of fused-ring (bicyclic) bond motifs is 1. The number of pyridine rings is 1. The first-order valence-electron chi connectivity index (χ1n) is 10.3. The van der Waals surface area contributed by atoms with Crippen molar-refractivity contribution in [3.63, 3.8) is 0 Å². The van der Waals surface area contributed by atoms with Crippen molar-refractivity contribution in [1.29, 1.82) is 0 Å². The van der Waals surface area contributed by atoms with Crippen molar-refractivity contribution in [2.24, 2.45) is 7.05 Å². The quantitative estimate of drug-likeness (QED) is 0.608. The molecule has 0 spiro atoms. The number of aryl methyl sites for hydroxylation is 2. The molecule has 1 saturated carbocycles. The van der Waals surface area contributed by atoms with Crippen LogP contribution in [0, 0.1) is 6.92 Å². The predicted octanol–water partition coefficient (Wildman–Crippen LogP) is 3.77. The predicted molar refractivity (Wildman–Crippen MR) is 118 cm³/mol. The molecule has 7 nitrogen and oxygen atoms in total. The number of benzene rings is 1. The number of carbonyl (C=O) groups is 1. The number of nitrogens with zero attached hydrogens (tertiary/aromatic N) is 4. The van der Waals surface area contributed by atoms with Crippen LogP contribution in [-0.2, 0) is 18.4 Å². The number of carbonyl (C=O) groups excluding carboxylic acids is 1. The lowest BCUT2D eigenvalue weighted by atomic mass is 9.98. The minimum absolute atomic E-state index is 0.0832. The first-order valence-corrected chi connectivity index (χ1v) is 10.6. The zero-order chi connectivity index (χ0) is 21.9. The maximum atomic E-state index is 13.8. The first-order chi connectivity index (χ1) is 14.9. The van der Waals surface area contributed by atoms with E-state index in [1.165, 1.54) is 4.57 Å². The summed E-state index contributed by atoms with van der Waals surface area (Å²) in [7, 11) is 3.33. The highest BCUT2D eigenvalue weighted by Crippen LogP contribution is 2.47. The molecule has 0 bridgehead atoms. The van der Waals surface area contributed by atoms with Crippen LogP contribution in [-0.4, -0.2) is 27.4 Å². The van der Waals surface area contributed by atoms with Gasteiger partial charge in [0.15, 0.2) is 0 Å². The second-order valence-corrected chi connectivity index (χ2v) is 8.68. The van der Waals surface area contributed by atoms with Gasteiger partial charge >= 0.3 is 0 Å². The van der Waals surface area contributed by atoms with Crippen molar-refractivity contribution < 1.29 is 9.53 Å². The summed E-state index contributed by atoms with van der Waals surface area (Å²) in [5, 5.41) is 5.40. The molecule has 5 rings (SSSR count). The van der Waals surface area contributed by atoms with Crippen LogP contribution in [0.15, 0.2) is 41.3 Å². The lowest BCUT2D eigenvalue weighted by Crippen LogP contribution is -2.32. The zero-order valence-corrected chi connectivity index (χ0v) is 18.4. The van der Waals surface area contributed by atoms with Gasteiger partial charge in [0.05, 0.1) is 30.1 Å². The Morgan fingerprint density at radius 3 is 2.52 bits per heavy atom. The summed E-state index contributed by atoms with van der Waals surface area (Å²) >= 11 is 6.14. The monoisotopic (exact) mass is 438 g/mol. The molecule has 1 atom stereocenters. The van der Waals surface area contributed by atoms with E-state index >= 15 is 0 Å². The van der Waals surface area contributed by atoms with E-state index in [2.05, 4.69) is 0 Å². The van der Waals surface area contributed by atoms with Gasteiger partial charge in [-0.05, 0) is 43.5 Å². The van der Waals surface area contributed by atoms with Crippen molar-refractivity contribution in [3.05, 3.63) is 80.0 Å². The molecule has 1 aliphatic heterocycles. The van der Waals surface area contributed by atoms with Crippen LogP contribution in [0.2, 0.25) is 5.02 Å². The second-order valence-electron chi connectivity index (χ2n) is 8.24. The minimum atomic E-state index is -0.380. The average molecular weight is 439 g/mol.